The Morgan fingerprint density at radius 1 is 0.941 bits per heavy atom. The fourth-order valence-corrected chi connectivity index (χ4v) is 2.38. The molecule has 0 heterocycles. The lowest BCUT2D eigenvalue weighted by Crippen LogP contribution is -2.03. The van der Waals surface area contributed by atoms with Gasteiger partial charge in [-0.2, -0.15) is 0 Å². The predicted molar refractivity (Wildman–Crippen MR) is 76.5 cm³/mol. The number of hydrogen-bond acceptors (Lipinski definition) is 1. The molecule has 0 fully saturated rings. The molecule has 0 atom stereocenters. The van der Waals surface area contributed by atoms with Crippen LogP contribution in [-0.2, 0) is 0 Å². The van der Waals surface area contributed by atoms with Gasteiger partial charge in [-0.15, -0.1) is 0 Å². The summed E-state index contributed by atoms with van der Waals surface area (Å²) in [6.07, 6.45) is 0. The summed E-state index contributed by atoms with van der Waals surface area (Å²) in [5.74, 6) is 0.0579. The summed E-state index contributed by atoms with van der Waals surface area (Å²) < 4.78 is 1.96. The second kappa shape index (κ2) is 5.15. The van der Waals surface area contributed by atoms with Crippen molar-refractivity contribution in [2.45, 2.75) is 6.92 Å². The second-order valence-corrected chi connectivity index (χ2v) is 5.63. The minimum Gasteiger partial charge on any atom is -0.289 e. The highest BCUT2D eigenvalue weighted by atomic mass is 79.9. The van der Waals surface area contributed by atoms with Crippen LogP contribution in [0.2, 0.25) is 0 Å². The molecule has 0 aliphatic heterocycles. The Kier molecular flexibility index (Phi) is 3.79. The van der Waals surface area contributed by atoms with Crippen molar-refractivity contribution in [3.05, 3.63) is 68.1 Å². The van der Waals surface area contributed by atoms with Gasteiger partial charge in [-0.3, -0.25) is 4.79 Å². The first kappa shape index (κ1) is 12.5. The lowest BCUT2D eigenvalue weighted by molar-refractivity contribution is 0.103. The third-order valence-corrected chi connectivity index (χ3v) is 3.56. The van der Waals surface area contributed by atoms with Gasteiger partial charge in [0.2, 0.25) is 0 Å². The quantitative estimate of drug-likeness (QED) is 0.712. The normalized spacial score (nSPS) is 10.3. The summed E-state index contributed by atoms with van der Waals surface area (Å²) in [6.45, 7) is 1.94. The number of carbonyl (C=O) groups excluding carboxylic acids is 1. The summed E-state index contributed by atoms with van der Waals surface area (Å²) in [7, 11) is 0. The molecule has 2 aromatic rings. The van der Waals surface area contributed by atoms with E-state index >= 15 is 0 Å². The van der Waals surface area contributed by atoms with Crippen LogP contribution in [0, 0.1) is 6.92 Å². The van der Waals surface area contributed by atoms with Crippen LogP contribution in [0.1, 0.15) is 21.5 Å². The van der Waals surface area contributed by atoms with E-state index in [2.05, 4.69) is 31.9 Å². The number of aryl methyl sites for hydroxylation is 1. The molecular formula is C14H10Br2O. The molecule has 0 saturated heterocycles. The van der Waals surface area contributed by atoms with E-state index in [0.717, 1.165) is 20.1 Å². The van der Waals surface area contributed by atoms with Crippen LogP contribution < -0.4 is 0 Å². The number of halogens is 2. The number of rotatable bonds is 2. The molecule has 0 aromatic heterocycles. The maximum Gasteiger partial charge on any atom is 0.193 e. The Balaban J connectivity index is 2.40. The van der Waals surface area contributed by atoms with Crippen molar-refractivity contribution in [3.8, 4) is 0 Å². The maximum absolute atomic E-state index is 12.3. The van der Waals surface area contributed by atoms with Crippen LogP contribution in [-0.4, -0.2) is 5.78 Å². The highest BCUT2D eigenvalue weighted by Crippen LogP contribution is 2.20. The van der Waals surface area contributed by atoms with Crippen LogP contribution in [0.3, 0.4) is 0 Å². The SMILES string of the molecule is Cc1cc(Br)ccc1C(=O)c1ccc(Br)cc1. The lowest BCUT2D eigenvalue weighted by Gasteiger charge is -2.05. The maximum atomic E-state index is 12.3. The molecule has 3 heteroatoms. The van der Waals surface area contributed by atoms with E-state index in [4.69, 9.17) is 0 Å². The van der Waals surface area contributed by atoms with Gasteiger partial charge in [0.05, 0.1) is 0 Å². The van der Waals surface area contributed by atoms with Gasteiger partial charge < -0.3 is 0 Å². The van der Waals surface area contributed by atoms with Crippen molar-refractivity contribution >= 4 is 37.6 Å². The Morgan fingerprint density at radius 2 is 1.53 bits per heavy atom. The summed E-state index contributed by atoms with van der Waals surface area (Å²) in [4.78, 5) is 12.3. The third-order valence-electron chi connectivity index (χ3n) is 2.54. The van der Waals surface area contributed by atoms with E-state index in [1.807, 2.05) is 49.4 Å². The third kappa shape index (κ3) is 2.85. The van der Waals surface area contributed by atoms with Crippen LogP contribution >= 0.6 is 31.9 Å². The number of ketones is 1. The first-order chi connectivity index (χ1) is 8.08. The molecule has 86 valence electrons. The molecule has 2 aromatic carbocycles. The van der Waals surface area contributed by atoms with E-state index < -0.39 is 0 Å². The molecule has 0 aliphatic carbocycles. The van der Waals surface area contributed by atoms with Gasteiger partial charge in [-0.05, 0) is 55.0 Å². The van der Waals surface area contributed by atoms with Gasteiger partial charge in [-0.1, -0.05) is 31.9 Å². The van der Waals surface area contributed by atoms with Gasteiger partial charge in [0.1, 0.15) is 0 Å². The Labute approximate surface area is 117 Å². The van der Waals surface area contributed by atoms with Crippen LogP contribution in [0.4, 0.5) is 0 Å². The van der Waals surface area contributed by atoms with E-state index in [1.165, 1.54) is 0 Å². The molecule has 0 unspecified atom stereocenters. The smallest absolute Gasteiger partial charge is 0.193 e. The molecule has 0 aliphatic rings. The fraction of sp³-hybridized carbons (Fsp3) is 0.0714. The van der Waals surface area contributed by atoms with Crippen molar-refractivity contribution in [1.29, 1.82) is 0 Å². The first-order valence-electron chi connectivity index (χ1n) is 5.14. The summed E-state index contributed by atoms with van der Waals surface area (Å²) in [5.41, 5.74) is 2.43. The number of hydrogen-bond donors (Lipinski definition) is 0. The molecule has 0 amide bonds. The molecular weight excluding hydrogens is 344 g/mol. The van der Waals surface area contributed by atoms with E-state index in [0.29, 0.717) is 5.56 Å². The van der Waals surface area contributed by atoms with Crippen molar-refractivity contribution in [1.82, 2.24) is 0 Å². The molecule has 0 saturated carbocycles. The highest BCUT2D eigenvalue weighted by Gasteiger charge is 2.11. The lowest BCUT2D eigenvalue weighted by atomic mass is 9.99. The van der Waals surface area contributed by atoms with Crippen LogP contribution in [0.5, 0.6) is 0 Å². The van der Waals surface area contributed by atoms with Gasteiger partial charge in [0, 0.05) is 20.1 Å². The number of carbonyl (C=O) groups is 1. The van der Waals surface area contributed by atoms with E-state index in [1.54, 1.807) is 0 Å². The molecule has 1 nitrogen and oxygen atoms in total. The number of benzene rings is 2. The minimum absolute atomic E-state index is 0.0579. The zero-order chi connectivity index (χ0) is 12.4. The molecule has 17 heavy (non-hydrogen) atoms. The highest BCUT2D eigenvalue weighted by molar-refractivity contribution is 9.10. The van der Waals surface area contributed by atoms with Crippen LogP contribution in [0.15, 0.2) is 51.4 Å². The van der Waals surface area contributed by atoms with Crippen molar-refractivity contribution in [2.75, 3.05) is 0 Å². The first-order valence-corrected chi connectivity index (χ1v) is 6.73. The Bertz CT molecular complexity index is 559. The zero-order valence-corrected chi connectivity index (χ0v) is 12.4. The van der Waals surface area contributed by atoms with E-state index in [9.17, 15) is 4.79 Å². The molecule has 0 bridgehead atoms. The van der Waals surface area contributed by atoms with Crippen molar-refractivity contribution < 1.29 is 4.79 Å². The van der Waals surface area contributed by atoms with Gasteiger partial charge >= 0.3 is 0 Å². The van der Waals surface area contributed by atoms with Crippen molar-refractivity contribution in [2.24, 2.45) is 0 Å². The Hall–Kier alpha value is -0.930. The topological polar surface area (TPSA) is 17.1 Å². The average molecular weight is 354 g/mol. The molecule has 2 rings (SSSR count). The standard InChI is InChI=1S/C14H10Br2O/c1-9-8-12(16)6-7-13(9)14(17)10-2-4-11(15)5-3-10/h2-8H,1H3. The Morgan fingerprint density at radius 3 is 2.12 bits per heavy atom. The van der Waals surface area contributed by atoms with Crippen LogP contribution in [0.25, 0.3) is 0 Å². The minimum atomic E-state index is 0.0579. The predicted octanol–water partition coefficient (Wildman–Crippen LogP) is 4.75. The molecule has 0 spiro atoms. The van der Waals surface area contributed by atoms with Crippen molar-refractivity contribution in [3.63, 3.8) is 0 Å². The summed E-state index contributed by atoms with van der Waals surface area (Å²) in [5, 5.41) is 0. The molecule has 0 radical (unpaired) electrons. The summed E-state index contributed by atoms with van der Waals surface area (Å²) in [6, 6.07) is 13.1. The summed E-state index contributed by atoms with van der Waals surface area (Å²) >= 11 is 6.75. The van der Waals surface area contributed by atoms with Gasteiger partial charge in [-0.25, -0.2) is 0 Å². The largest absolute Gasteiger partial charge is 0.289 e. The average Bonchev–Trinajstić information content (AvgIpc) is 2.29. The zero-order valence-electron chi connectivity index (χ0n) is 9.21. The van der Waals surface area contributed by atoms with E-state index in [-0.39, 0.29) is 5.78 Å². The molecule has 0 N–H and O–H groups in total. The second-order valence-electron chi connectivity index (χ2n) is 3.80. The van der Waals surface area contributed by atoms with Gasteiger partial charge in [0.25, 0.3) is 0 Å². The van der Waals surface area contributed by atoms with Gasteiger partial charge in [0.15, 0.2) is 5.78 Å². The monoisotopic (exact) mass is 352 g/mol. The fourth-order valence-electron chi connectivity index (χ4n) is 1.64.